The molecule has 3 rings (SSSR count). The maximum absolute atomic E-state index is 11.5. The number of benzene rings is 1. The number of hydrogen-bond donors (Lipinski definition) is 0. The van der Waals surface area contributed by atoms with E-state index in [4.69, 9.17) is 4.74 Å². The molecular weight excluding hydrogens is 286 g/mol. The summed E-state index contributed by atoms with van der Waals surface area (Å²) in [6.45, 7) is 0. The molecule has 0 aliphatic carbocycles. The standard InChI is InChI=1S/C15H13N3O2S/c1-20-14(19)12-6-4-5-11(9-12)10-21-15-17-16-13-7-2-3-8-18(13)15/h2-9H,10H2,1H3. The molecular formula is C15H13N3O2S. The normalized spacial score (nSPS) is 10.7. The van der Waals surface area contributed by atoms with Crippen molar-refractivity contribution in [3.05, 3.63) is 59.8 Å². The zero-order valence-electron chi connectivity index (χ0n) is 11.4. The SMILES string of the molecule is COC(=O)c1cccc(CSc2nnc3ccccn23)c1. The Bertz CT molecular complexity index is 785. The first-order valence-electron chi connectivity index (χ1n) is 6.38. The highest BCUT2D eigenvalue weighted by atomic mass is 32.2. The van der Waals surface area contributed by atoms with Crippen LogP contribution in [0.3, 0.4) is 0 Å². The Morgan fingerprint density at radius 2 is 2.14 bits per heavy atom. The van der Waals surface area contributed by atoms with Crippen LogP contribution in [0.5, 0.6) is 0 Å². The highest BCUT2D eigenvalue weighted by Gasteiger charge is 2.08. The molecule has 0 spiro atoms. The number of fused-ring (bicyclic) bond motifs is 1. The highest BCUT2D eigenvalue weighted by Crippen LogP contribution is 2.22. The number of hydrogen-bond acceptors (Lipinski definition) is 5. The second kappa shape index (κ2) is 5.97. The predicted octanol–water partition coefficient (Wildman–Crippen LogP) is 2.81. The topological polar surface area (TPSA) is 56.5 Å². The Morgan fingerprint density at radius 3 is 3.00 bits per heavy atom. The van der Waals surface area contributed by atoms with Gasteiger partial charge in [0.25, 0.3) is 0 Å². The summed E-state index contributed by atoms with van der Waals surface area (Å²) in [7, 11) is 1.38. The lowest BCUT2D eigenvalue weighted by Crippen LogP contribution is -2.01. The number of nitrogens with zero attached hydrogens (tertiary/aromatic N) is 3. The molecule has 0 aliphatic rings. The number of methoxy groups -OCH3 is 1. The molecule has 0 atom stereocenters. The largest absolute Gasteiger partial charge is 0.465 e. The van der Waals surface area contributed by atoms with Crippen LogP contribution in [0.15, 0.2) is 53.8 Å². The molecule has 106 valence electrons. The summed E-state index contributed by atoms with van der Waals surface area (Å²) in [6.07, 6.45) is 1.93. The maximum atomic E-state index is 11.5. The van der Waals surface area contributed by atoms with Gasteiger partial charge in [0.15, 0.2) is 10.8 Å². The molecule has 21 heavy (non-hydrogen) atoms. The van der Waals surface area contributed by atoms with E-state index in [0.717, 1.165) is 16.4 Å². The van der Waals surface area contributed by atoms with Crippen LogP contribution in [-0.4, -0.2) is 27.7 Å². The van der Waals surface area contributed by atoms with Crippen LogP contribution in [0.2, 0.25) is 0 Å². The molecule has 5 nitrogen and oxygen atoms in total. The molecule has 0 bridgehead atoms. The summed E-state index contributed by atoms with van der Waals surface area (Å²) in [5, 5.41) is 9.10. The molecule has 0 fully saturated rings. The number of thioether (sulfide) groups is 1. The average Bonchev–Trinajstić information content (AvgIpc) is 2.95. The van der Waals surface area contributed by atoms with Gasteiger partial charge in [-0.1, -0.05) is 30.0 Å². The Morgan fingerprint density at radius 1 is 1.24 bits per heavy atom. The fraction of sp³-hybridized carbons (Fsp3) is 0.133. The Kier molecular flexibility index (Phi) is 3.87. The van der Waals surface area contributed by atoms with Crippen molar-refractivity contribution in [1.82, 2.24) is 14.6 Å². The fourth-order valence-electron chi connectivity index (χ4n) is 1.97. The van der Waals surface area contributed by atoms with Crippen molar-refractivity contribution in [2.24, 2.45) is 0 Å². The Labute approximate surface area is 126 Å². The van der Waals surface area contributed by atoms with Gasteiger partial charge in [0, 0.05) is 11.9 Å². The van der Waals surface area contributed by atoms with Crippen LogP contribution in [-0.2, 0) is 10.5 Å². The fourth-order valence-corrected chi connectivity index (χ4v) is 2.84. The van der Waals surface area contributed by atoms with E-state index >= 15 is 0 Å². The van der Waals surface area contributed by atoms with Crippen molar-refractivity contribution in [3.63, 3.8) is 0 Å². The van der Waals surface area contributed by atoms with E-state index < -0.39 is 0 Å². The molecule has 0 unspecified atom stereocenters. The van der Waals surface area contributed by atoms with Crippen LogP contribution in [0, 0.1) is 0 Å². The lowest BCUT2D eigenvalue weighted by atomic mass is 10.1. The number of aromatic nitrogens is 3. The summed E-state index contributed by atoms with van der Waals surface area (Å²) in [4.78, 5) is 11.5. The second-order valence-electron chi connectivity index (χ2n) is 4.39. The maximum Gasteiger partial charge on any atom is 0.337 e. The van der Waals surface area contributed by atoms with Gasteiger partial charge in [0.05, 0.1) is 12.7 Å². The summed E-state index contributed by atoms with van der Waals surface area (Å²) in [5.41, 5.74) is 2.42. The van der Waals surface area contributed by atoms with E-state index in [1.54, 1.807) is 17.8 Å². The van der Waals surface area contributed by atoms with Crippen molar-refractivity contribution in [2.75, 3.05) is 7.11 Å². The molecule has 3 aromatic rings. The number of carbonyl (C=O) groups excluding carboxylic acids is 1. The minimum absolute atomic E-state index is 0.324. The molecule has 0 N–H and O–H groups in total. The van der Waals surface area contributed by atoms with Gasteiger partial charge < -0.3 is 4.74 Å². The smallest absolute Gasteiger partial charge is 0.337 e. The molecule has 0 amide bonds. The monoisotopic (exact) mass is 299 g/mol. The summed E-state index contributed by atoms with van der Waals surface area (Å²) >= 11 is 1.57. The van der Waals surface area contributed by atoms with Crippen molar-refractivity contribution in [2.45, 2.75) is 10.9 Å². The van der Waals surface area contributed by atoms with Gasteiger partial charge >= 0.3 is 5.97 Å². The zero-order chi connectivity index (χ0) is 14.7. The van der Waals surface area contributed by atoms with Gasteiger partial charge in [-0.05, 0) is 29.8 Å². The first-order valence-corrected chi connectivity index (χ1v) is 7.36. The van der Waals surface area contributed by atoms with E-state index in [1.807, 2.05) is 47.0 Å². The third-order valence-corrected chi connectivity index (χ3v) is 4.01. The second-order valence-corrected chi connectivity index (χ2v) is 5.33. The summed E-state index contributed by atoms with van der Waals surface area (Å²) in [5.74, 6) is 0.385. The van der Waals surface area contributed by atoms with E-state index in [1.165, 1.54) is 7.11 Å². The minimum Gasteiger partial charge on any atom is -0.465 e. The van der Waals surface area contributed by atoms with Crippen LogP contribution < -0.4 is 0 Å². The average molecular weight is 299 g/mol. The number of carbonyl (C=O) groups is 1. The summed E-state index contributed by atoms with van der Waals surface area (Å²) < 4.78 is 6.67. The van der Waals surface area contributed by atoms with Crippen molar-refractivity contribution in [3.8, 4) is 0 Å². The number of rotatable bonds is 4. The van der Waals surface area contributed by atoms with Crippen LogP contribution >= 0.6 is 11.8 Å². The zero-order valence-corrected chi connectivity index (χ0v) is 12.2. The quantitative estimate of drug-likeness (QED) is 0.547. The van der Waals surface area contributed by atoms with Gasteiger partial charge in [-0.3, -0.25) is 4.40 Å². The van der Waals surface area contributed by atoms with E-state index in [9.17, 15) is 4.79 Å². The number of esters is 1. The number of pyridine rings is 1. The molecule has 0 saturated carbocycles. The van der Waals surface area contributed by atoms with E-state index in [2.05, 4.69) is 10.2 Å². The van der Waals surface area contributed by atoms with Gasteiger partial charge in [-0.2, -0.15) is 0 Å². The van der Waals surface area contributed by atoms with Gasteiger partial charge in [0.2, 0.25) is 0 Å². The van der Waals surface area contributed by atoms with E-state index in [-0.39, 0.29) is 5.97 Å². The van der Waals surface area contributed by atoms with Crippen LogP contribution in [0.1, 0.15) is 15.9 Å². The van der Waals surface area contributed by atoms with Crippen molar-refractivity contribution < 1.29 is 9.53 Å². The molecule has 6 heteroatoms. The van der Waals surface area contributed by atoms with Gasteiger partial charge in [-0.15, -0.1) is 10.2 Å². The molecule has 1 aromatic carbocycles. The van der Waals surface area contributed by atoms with Crippen molar-refractivity contribution in [1.29, 1.82) is 0 Å². The predicted molar refractivity (Wildman–Crippen MR) is 80.3 cm³/mol. The summed E-state index contributed by atoms with van der Waals surface area (Å²) in [6, 6.07) is 13.2. The minimum atomic E-state index is -0.324. The lowest BCUT2D eigenvalue weighted by Gasteiger charge is -2.03. The van der Waals surface area contributed by atoms with Crippen LogP contribution in [0.4, 0.5) is 0 Å². The third-order valence-electron chi connectivity index (χ3n) is 3.00. The molecule has 0 saturated heterocycles. The molecule has 2 aromatic heterocycles. The molecule has 2 heterocycles. The third kappa shape index (κ3) is 2.90. The van der Waals surface area contributed by atoms with Crippen LogP contribution in [0.25, 0.3) is 5.65 Å². The molecule has 0 aliphatic heterocycles. The van der Waals surface area contributed by atoms with Crippen molar-refractivity contribution >= 4 is 23.4 Å². The number of ether oxygens (including phenoxy) is 1. The molecule has 0 radical (unpaired) electrons. The van der Waals surface area contributed by atoms with Gasteiger partial charge in [0.1, 0.15) is 0 Å². The van der Waals surface area contributed by atoms with E-state index in [0.29, 0.717) is 11.3 Å². The lowest BCUT2D eigenvalue weighted by molar-refractivity contribution is 0.0600. The van der Waals surface area contributed by atoms with Gasteiger partial charge in [-0.25, -0.2) is 4.79 Å². The Balaban J connectivity index is 1.77. The Hall–Kier alpha value is -2.34. The first-order chi connectivity index (χ1) is 10.3. The highest BCUT2D eigenvalue weighted by molar-refractivity contribution is 7.98. The first kappa shape index (κ1) is 13.6.